The van der Waals surface area contributed by atoms with Crippen LogP contribution < -0.4 is 5.32 Å². The molecule has 174 valence electrons. The highest BCUT2D eigenvalue weighted by molar-refractivity contribution is 7.89. The minimum Gasteiger partial charge on any atom is -0.441 e. The van der Waals surface area contributed by atoms with Gasteiger partial charge in [0.25, 0.3) is 0 Å². The Bertz CT molecular complexity index is 1200. The summed E-state index contributed by atoms with van der Waals surface area (Å²) in [6.07, 6.45) is 1.98. The van der Waals surface area contributed by atoms with Crippen molar-refractivity contribution >= 4 is 21.6 Å². The summed E-state index contributed by atoms with van der Waals surface area (Å²) in [6, 6.07) is 12.1. The number of oxazole rings is 1. The molecule has 1 aliphatic heterocycles. The van der Waals surface area contributed by atoms with Gasteiger partial charge in [-0.2, -0.15) is 4.31 Å². The molecule has 0 spiro atoms. The third-order valence-corrected chi connectivity index (χ3v) is 7.40. The Morgan fingerprint density at radius 1 is 1.06 bits per heavy atom. The fraction of sp³-hybridized carbons (Fsp3) is 0.304. The summed E-state index contributed by atoms with van der Waals surface area (Å²) in [5.41, 5.74) is 1.21. The van der Waals surface area contributed by atoms with Gasteiger partial charge < -0.3 is 14.6 Å². The number of aryl methyl sites for hydroxylation is 1. The number of carbonyl (C=O) groups is 1. The van der Waals surface area contributed by atoms with Gasteiger partial charge in [-0.3, -0.25) is 4.79 Å². The average molecular weight is 473 g/mol. The van der Waals surface area contributed by atoms with Crippen LogP contribution in [-0.2, 0) is 21.2 Å². The molecule has 0 unspecified atom stereocenters. The largest absolute Gasteiger partial charge is 0.441 e. The Balaban J connectivity index is 1.31. The summed E-state index contributed by atoms with van der Waals surface area (Å²) in [7, 11) is -1.58. The minimum atomic E-state index is -3.55. The molecular formula is C23H25FN4O4S. The zero-order valence-electron chi connectivity index (χ0n) is 18.2. The number of likely N-dealkylation sites (N-methyl/N-ethyl adjacent to an activating group) is 1. The van der Waals surface area contributed by atoms with Crippen LogP contribution in [0.3, 0.4) is 0 Å². The zero-order valence-corrected chi connectivity index (χ0v) is 19.0. The fourth-order valence-corrected chi connectivity index (χ4v) is 4.93. The summed E-state index contributed by atoms with van der Waals surface area (Å²) in [5, 5.41) is 2.76. The smallest absolute Gasteiger partial charge is 0.243 e. The number of hydrogen-bond donors (Lipinski definition) is 1. The van der Waals surface area contributed by atoms with Crippen molar-refractivity contribution in [3.05, 3.63) is 66.4 Å². The molecule has 0 aliphatic carbocycles. The maximum Gasteiger partial charge on any atom is 0.243 e. The summed E-state index contributed by atoms with van der Waals surface area (Å²) in [5.74, 6) is 0.326. The molecule has 0 saturated carbocycles. The van der Waals surface area contributed by atoms with E-state index in [9.17, 15) is 17.6 Å². The van der Waals surface area contributed by atoms with Gasteiger partial charge in [-0.15, -0.1) is 0 Å². The van der Waals surface area contributed by atoms with Crippen LogP contribution in [0.15, 0.2) is 64.0 Å². The molecule has 10 heteroatoms. The van der Waals surface area contributed by atoms with Crippen molar-refractivity contribution in [2.75, 3.05) is 38.5 Å². The van der Waals surface area contributed by atoms with Gasteiger partial charge >= 0.3 is 0 Å². The van der Waals surface area contributed by atoms with Gasteiger partial charge in [-0.25, -0.2) is 17.8 Å². The van der Waals surface area contributed by atoms with Gasteiger partial charge in [0.1, 0.15) is 5.82 Å². The minimum absolute atomic E-state index is 0.144. The summed E-state index contributed by atoms with van der Waals surface area (Å²) in [4.78, 5) is 18.8. The zero-order chi connectivity index (χ0) is 23.4. The van der Waals surface area contributed by atoms with Crippen molar-refractivity contribution < 1.29 is 22.0 Å². The monoisotopic (exact) mass is 472 g/mol. The number of halogens is 1. The van der Waals surface area contributed by atoms with Gasteiger partial charge in [0.05, 0.1) is 11.1 Å². The first-order valence-corrected chi connectivity index (χ1v) is 12.0. The third-order valence-electron chi connectivity index (χ3n) is 5.49. The molecule has 0 atom stereocenters. The van der Waals surface area contributed by atoms with E-state index in [1.807, 2.05) is 7.05 Å². The summed E-state index contributed by atoms with van der Waals surface area (Å²) in [6.45, 7) is 2.31. The van der Waals surface area contributed by atoms with Gasteiger partial charge in [0, 0.05) is 50.3 Å². The number of nitrogens with zero attached hydrogens (tertiary/aromatic N) is 3. The second-order valence-corrected chi connectivity index (χ2v) is 9.84. The highest BCUT2D eigenvalue weighted by Crippen LogP contribution is 2.22. The SMILES string of the molecule is CN1CCN(S(=O)(=O)c2ccc(NC(=O)CCc3ncc(-c4ccc(F)cc4)o3)cc2)CC1. The lowest BCUT2D eigenvalue weighted by Crippen LogP contribution is -2.46. The Hall–Kier alpha value is -3.08. The van der Waals surface area contributed by atoms with Gasteiger partial charge in [0.2, 0.25) is 15.9 Å². The van der Waals surface area contributed by atoms with E-state index in [4.69, 9.17) is 4.42 Å². The lowest BCUT2D eigenvalue weighted by Gasteiger charge is -2.31. The molecule has 1 aliphatic rings. The van der Waals surface area contributed by atoms with E-state index in [1.54, 1.807) is 30.5 Å². The van der Waals surface area contributed by atoms with Crippen LogP contribution in [0.1, 0.15) is 12.3 Å². The standard InChI is InChI=1S/C23H25FN4O4S/c1-27-12-14-28(15-13-27)33(30,31)20-8-6-19(7-9-20)26-22(29)10-11-23-25-16-21(32-23)17-2-4-18(24)5-3-17/h2-9,16H,10-15H2,1H3,(H,26,29). The number of anilines is 1. The number of hydrogen-bond acceptors (Lipinski definition) is 6. The molecule has 8 nitrogen and oxygen atoms in total. The van der Waals surface area contributed by atoms with Crippen LogP contribution >= 0.6 is 0 Å². The first-order valence-electron chi connectivity index (χ1n) is 10.6. The van der Waals surface area contributed by atoms with Crippen LogP contribution in [0.5, 0.6) is 0 Å². The van der Waals surface area contributed by atoms with E-state index in [2.05, 4.69) is 15.2 Å². The molecule has 1 aromatic heterocycles. The maximum atomic E-state index is 13.1. The number of sulfonamides is 1. The first-order chi connectivity index (χ1) is 15.8. The number of rotatable bonds is 7. The molecule has 2 heterocycles. The Kier molecular flexibility index (Phi) is 6.87. The normalized spacial score (nSPS) is 15.5. The third kappa shape index (κ3) is 5.65. The fourth-order valence-electron chi connectivity index (χ4n) is 3.51. The van der Waals surface area contributed by atoms with Crippen molar-refractivity contribution in [3.63, 3.8) is 0 Å². The first kappa shape index (κ1) is 23.1. The van der Waals surface area contributed by atoms with Gasteiger partial charge in [-0.1, -0.05) is 0 Å². The number of aromatic nitrogens is 1. The van der Waals surface area contributed by atoms with E-state index in [1.165, 1.54) is 28.6 Å². The summed E-state index contributed by atoms with van der Waals surface area (Å²) >= 11 is 0. The van der Waals surface area contributed by atoms with Crippen molar-refractivity contribution in [2.24, 2.45) is 0 Å². The van der Waals surface area contributed by atoms with E-state index in [0.717, 1.165) is 0 Å². The molecule has 1 amide bonds. The molecule has 4 rings (SSSR count). The van der Waals surface area contributed by atoms with E-state index < -0.39 is 10.0 Å². The van der Waals surface area contributed by atoms with Crippen molar-refractivity contribution in [3.8, 4) is 11.3 Å². The molecular weight excluding hydrogens is 447 g/mol. The highest BCUT2D eigenvalue weighted by atomic mass is 32.2. The van der Waals surface area contributed by atoms with Gasteiger partial charge in [0.15, 0.2) is 11.7 Å². The van der Waals surface area contributed by atoms with Crippen LogP contribution in [0.4, 0.5) is 10.1 Å². The quantitative estimate of drug-likeness (QED) is 0.568. The lowest BCUT2D eigenvalue weighted by molar-refractivity contribution is -0.116. The molecule has 33 heavy (non-hydrogen) atoms. The Morgan fingerprint density at radius 3 is 2.39 bits per heavy atom. The van der Waals surface area contributed by atoms with Crippen LogP contribution in [-0.4, -0.2) is 61.7 Å². The van der Waals surface area contributed by atoms with E-state index in [-0.39, 0.29) is 23.0 Å². The molecule has 1 saturated heterocycles. The molecule has 3 aromatic rings. The summed E-state index contributed by atoms with van der Waals surface area (Å²) < 4.78 is 45.8. The van der Waals surface area contributed by atoms with E-state index >= 15 is 0 Å². The highest BCUT2D eigenvalue weighted by Gasteiger charge is 2.27. The maximum absolute atomic E-state index is 13.1. The molecule has 1 fully saturated rings. The second kappa shape index (κ2) is 9.82. The Morgan fingerprint density at radius 2 is 1.73 bits per heavy atom. The van der Waals surface area contributed by atoms with Crippen LogP contribution in [0.25, 0.3) is 11.3 Å². The van der Waals surface area contributed by atoms with Crippen LogP contribution in [0.2, 0.25) is 0 Å². The predicted molar refractivity (Wildman–Crippen MR) is 122 cm³/mol. The molecule has 0 bridgehead atoms. The average Bonchev–Trinajstić information content (AvgIpc) is 3.28. The van der Waals surface area contributed by atoms with Crippen molar-refractivity contribution in [2.45, 2.75) is 17.7 Å². The number of piperazine rings is 1. The number of benzene rings is 2. The second-order valence-electron chi connectivity index (χ2n) is 7.91. The lowest BCUT2D eigenvalue weighted by atomic mass is 10.2. The molecule has 2 aromatic carbocycles. The Labute approximate surface area is 192 Å². The predicted octanol–water partition coefficient (Wildman–Crippen LogP) is 2.99. The van der Waals surface area contributed by atoms with E-state index in [0.29, 0.717) is 55.5 Å². The number of amides is 1. The van der Waals surface area contributed by atoms with Crippen molar-refractivity contribution in [1.82, 2.24) is 14.2 Å². The topological polar surface area (TPSA) is 95.8 Å². The number of carbonyl (C=O) groups excluding carboxylic acids is 1. The van der Waals surface area contributed by atoms with Gasteiger partial charge in [-0.05, 0) is 55.6 Å². The molecule has 1 N–H and O–H groups in total. The van der Waals surface area contributed by atoms with Crippen molar-refractivity contribution in [1.29, 1.82) is 0 Å². The number of nitrogens with one attached hydrogen (secondary N) is 1. The molecule has 0 radical (unpaired) electrons. The van der Waals surface area contributed by atoms with Crippen LogP contribution in [0, 0.1) is 5.82 Å².